The van der Waals surface area contributed by atoms with Crippen LogP contribution in [0.2, 0.25) is 0 Å². The SMILES string of the molecule is O=C(NN1CCCCC1)c1ccc2c(c1)N=C(c1cccc(Br)c1)C1C=CC(F)=CC1S2. The van der Waals surface area contributed by atoms with Crippen LogP contribution in [0.15, 0.2) is 80.9 Å². The molecule has 1 amide bonds. The van der Waals surface area contributed by atoms with E-state index in [1.54, 1.807) is 17.8 Å². The molecule has 1 saturated heterocycles. The van der Waals surface area contributed by atoms with Gasteiger partial charge in [-0.1, -0.05) is 40.6 Å². The molecule has 2 aromatic carbocycles. The van der Waals surface area contributed by atoms with E-state index in [1.165, 1.54) is 12.5 Å². The molecule has 1 aliphatic carbocycles. The summed E-state index contributed by atoms with van der Waals surface area (Å²) in [4.78, 5) is 18.9. The maximum Gasteiger partial charge on any atom is 0.265 e. The maximum absolute atomic E-state index is 14.1. The van der Waals surface area contributed by atoms with Gasteiger partial charge < -0.3 is 0 Å². The molecule has 2 aliphatic heterocycles. The highest BCUT2D eigenvalue weighted by Crippen LogP contribution is 2.43. The third-order valence-electron chi connectivity index (χ3n) is 5.92. The van der Waals surface area contributed by atoms with Crippen LogP contribution >= 0.6 is 27.7 Å². The highest BCUT2D eigenvalue weighted by atomic mass is 79.9. The average Bonchev–Trinajstić information content (AvgIpc) is 2.95. The Bertz CT molecular complexity index is 1140. The molecule has 3 aliphatic rings. The molecule has 1 fully saturated rings. The van der Waals surface area contributed by atoms with Crippen molar-refractivity contribution < 1.29 is 9.18 Å². The number of hydrogen-bond donors (Lipinski definition) is 1. The maximum atomic E-state index is 14.1. The quantitative estimate of drug-likeness (QED) is 0.532. The second kappa shape index (κ2) is 9.33. The van der Waals surface area contributed by atoms with E-state index in [0.717, 1.165) is 52.3 Å². The highest BCUT2D eigenvalue weighted by molar-refractivity contribution is 9.10. The molecule has 0 saturated carbocycles. The van der Waals surface area contributed by atoms with Crippen molar-refractivity contribution in [3.8, 4) is 0 Å². The number of benzene rings is 2. The van der Waals surface area contributed by atoms with Crippen molar-refractivity contribution in [2.45, 2.75) is 29.4 Å². The summed E-state index contributed by atoms with van der Waals surface area (Å²) < 4.78 is 15.1. The van der Waals surface area contributed by atoms with Crippen molar-refractivity contribution in [1.82, 2.24) is 10.4 Å². The van der Waals surface area contributed by atoms with Gasteiger partial charge in [0.25, 0.3) is 5.91 Å². The fraction of sp³-hybridized carbons (Fsp3) is 0.280. The molecule has 164 valence electrons. The minimum atomic E-state index is -0.228. The lowest BCUT2D eigenvalue weighted by molar-refractivity contribution is 0.0750. The Labute approximate surface area is 199 Å². The minimum Gasteiger partial charge on any atom is -0.285 e. The third-order valence-corrected chi connectivity index (χ3v) is 7.71. The van der Waals surface area contributed by atoms with E-state index in [0.29, 0.717) is 5.56 Å². The van der Waals surface area contributed by atoms with E-state index >= 15 is 0 Å². The van der Waals surface area contributed by atoms with Gasteiger partial charge in [-0.05, 0) is 60.9 Å². The van der Waals surface area contributed by atoms with Crippen molar-refractivity contribution in [3.05, 3.63) is 82.1 Å². The number of nitrogens with one attached hydrogen (secondary N) is 1. The molecule has 5 rings (SSSR count). The first-order valence-electron chi connectivity index (χ1n) is 10.8. The largest absolute Gasteiger partial charge is 0.285 e. The minimum absolute atomic E-state index is 0.0631. The van der Waals surface area contributed by atoms with Crippen LogP contribution in [0.3, 0.4) is 0 Å². The third kappa shape index (κ3) is 4.60. The van der Waals surface area contributed by atoms with Gasteiger partial charge in [-0.3, -0.25) is 15.2 Å². The van der Waals surface area contributed by atoms with Crippen LogP contribution in [0.25, 0.3) is 0 Å². The van der Waals surface area contributed by atoms with Gasteiger partial charge >= 0.3 is 0 Å². The Morgan fingerprint density at radius 1 is 1.16 bits per heavy atom. The molecule has 0 spiro atoms. The molecule has 2 aromatic rings. The van der Waals surface area contributed by atoms with Gasteiger partial charge in [0.2, 0.25) is 0 Å². The summed E-state index contributed by atoms with van der Waals surface area (Å²) >= 11 is 5.14. The fourth-order valence-electron chi connectivity index (χ4n) is 4.29. The number of hydrogen-bond acceptors (Lipinski definition) is 4. The summed E-state index contributed by atoms with van der Waals surface area (Å²) in [6, 6.07) is 13.6. The first-order valence-corrected chi connectivity index (χ1v) is 12.5. The lowest BCUT2D eigenvalue weighted by Gasteiger charge is -2.26. The lowest BCUT2D eigenvalue weighted by Crippen LogP contribution is -2.45. The Kier molecular flexibility index (Phi) is 6.31. The molecule has 7 heteroatoms. The number of rotatable bonds is 3. The van der Waals surface area contributed by atoms with E-state index < -0.39 is 0 Å². The van der Waals surface area contributed by atoms with E-state index in [1.807, 2.05) is 53.5 Å². The Morgan fingerprint density at radius 2 is 2.00 bits per heavy atom. The number of fused-ring (bicyclic) bond motifs is 2. The molecule has 32 heavy (non-hydrogen) atoms. The van der Waals surface area contributed by atoms with Crippen LogP contribution in [-0.4, -0.2) is 35.0 Å². The predicted molar refractivity (Wildman–Crippen MR) is 131 cm³/mol. The second-order valence-electron chi connectivity index (χ2n) is 8.20. The summed E-state index contributed by atoms with van der Waals surface area (Å²) in [6.07, 6.45) is 8.48. The van der Waals surface area contributed by atoms with Gasteiger partial charge in [0.1, 0.15) is 5.83 Å². The Morgan fingerprint density at radius 3 is 2.81 bits per heavy atom. The number of piperidine rings is 1. The molecule has 1 N–H and O–H groups in total. The monoisotopic (exact) mass is 511 g/mol. The standard InChI is InChI=1S/C25H23BrFN3OS/c26-18-6-4-5-16(13-18)24-20-9-8-19(27)15-23(20)32-22-10-7-17(14-21(22)28-24)25(31)29-30-11-2-1-3-12-30/h4-10,13-15,20,23H,1-3,11-12H2,(H,29,31). The topological polar surface area (TPSA) is 44.7 Å². The molecule has 2 heterocycles. The summed E-state index contributed by atoms with van der Waals surface area (Å²) in [5.41, 5.74) is 6.20. The number of thioether (sulfide) groups is 1. The summed E-state index contributed by atoms with van der Waals surface area (Å²) in [7, 11) is 0. The summed E-state index contributed by atoms with van der Waals surface area (Å²) in [5, 5.41) is 1.89. The van der Waals surface area contributed by atoms with Crippen molar-refractivity contribution in [2.24, 2.45) is 10.9 Å². The zero-order chi connectivity index (χ0) is 22.1. The molecular formula is C25H23BrFN3OS. The molecule has 0 aromatic heterocycles. The smallest absolute Gasteiger partial charge is 0.265 e. The van der Waals surface area contributed by atoms with E-state index in [4.69, 9.17) is 4.99 Å². The average molecular weight is 512 g/mol. The van der Waals surface area contributed by atoms with Crippen LogP contribution in [0.5, 0.6) is 0 Å². The van der Waals surface area contributed by atoms with Crippen molar-refractivity contribution in [1.29, 1.82) is 0 Å². The highest BCUT2D eigenvalue weighted by Gasteiger charge is 2.31. The predicted octanol–water partition coefficient (Wildman–Crippen LogP) is 6.21. The van der Waals surface area contributed by atoms with Crippen molar-refractivity contribution in [2.75, 3.05) is 13.1 Å². The van der Waals surface area contributed by atoms with Crippen LogP contribution in [0, 0.1) is 5.92 Å². The van der Waals surface area contributed by atoms with E-state index in [2.05, 4.69) is 21.4 Å². The molecule has 2 unspecified atom stereocenters. The number of halogens is 2. The fourth-order valence-corrected chi connectivity index (χ4v) is 5.92. The van der Waals surface area contributed by atoms with E-state index in [-0.39, 0.29) is 22.9 Å². The van der Waals surface area contributed by atoms with Gasteiger partial charge in [-0.15, -0.1) is 11.8 Å². The number of carbonyl (C=O) groups excluding carboxylic acids is 1. The van der Waals surface area contributed by atoms with Gasteiger partial charge in [0.05, 0.1) is 11.4 Å². The van der Waals surface area contributed by atoms with Crippen LogP contribution in [-0.2, 0) is 0 Å². The number of carbonyl (C=O) groups is 1. The number of hydrazine groups is 1. The first kappa shape index (κ1) is 21.6. The number of amides is 1. The molecular weight excluding hydrogens is 489 g/mol. The zero-order valence-electron chi connectivity index (χ0n) is 17.4. The normalized spacial score (nSPS) is 22.8. The van der Waals surface area contributed by atoms with E-state index in [9.17, 15) is 9.18 Å². The Hall–Kier alpha value is -2.22. The van der Waals surface area contributed by atoms with Crippen LogP contribution < -0.4 is 5.43 Å². The molecule has 0 radical (unpaired) electrons. The van der Waals surface area contributed by atoms with Crippen LogP contribution in [0.1, 0.15) is 35.2 Å². The molecule has 0 bridgehead atoms. The van der Waals surface area contributed by atoms with Gasteiger partial charge in [-0.25, -0.2) is 9.40 Å². The second-order valence-corrected chi connectivity index (χ2v) is 10.3. The summed E-state index contributed by atoms with van der Waals surface area (Å²) in [6.45, 7) is 1.76. The first-order chi connectivity index (χ1) is 15.6. The molecule has 4 nitrogen and oxygen atoms in total. The molecule has 2 atom stereocenters. The van der Waals surface area contributed by atoms with Gasteiger partial charge in [-0.2, -0.15) is 0 Å². The number of aliphatic imine (C=N–C) groups is 1. The Balaban J connectivity index is 1.52. The van der Waals surface area contributed by atoms with Gasteiger partial charge in [0.15, 0.2) is 0 Å². The van der Waals surface area contributed by atoms with Gasteiger partial charge in [0, 0.05) is 39.2 Å². The lowest BCUT2D eigenvalue weighted by atomic mass is 9.90. The number of allylic oxidation sites excluding steroid dienone is 3. The number of nitrogens with zero attached hydrogens (tertiary/aromatic N) is 2. The zero-order valence-corrected chi connectivity index (χ0v) is 19.8. The summed E-state index contributed by atoms with van der Waals surface area (Å²) in [5.74, 6) is -0.411. The van der Waals surface area contributed by atoms with Crippen LogP contribution in [0.4, 0.5) is 10.1 Å². The van der Waals surface area contributed by atoms with Crippen molar-refractivity contribution in [3.63, 3.8) is 0 Å². The van der Waals surface area contributed by atoms with Crippen molar-refractivity contribution >= 4 is 45.0 Å².